The molecule has 2 rings (SSSR count). The molecule has 0 bridgehead atoms. The second-order valence-electron chi connectivity index (χ2n) is 4.22. The van der Waals surface area contributed by atoms with Crippen LogP contribution in [0.4, 0.5) is 0 Å². The summed E-state index contributed by atoms with van der Waals surface area (Å²) in [6, 6.07) is 8.04. The highest BCUT2D eigenvalue weighted by molar-refractivity contribution is 9.10. The van der Waals surface area contributed by atoms with E-state index in [4.69, 9.17) is 0 Å². The Balaban J connectivity index is 2.34. The summed E-state index contributed by atoms with van der Waals surface area (Å²) in [5, 5.41) is 10.5. The molecule has 1 fully saturated rings. The fourth-order valence-electron chi connectivity index (χ4n) is 2.33. The number of hydrogen-bond donors (Lipinski definition) is 1. The number of halogens is 1. The van der Waals surface area contributed by atoms with Gasteiger partial charge in [0.2, 0.25) is 0 Å². The first-order valence-electron chi connectivity index (χ1n) is 5.11. The second kappa shape index (κ2) is 3.67. The molecule has 14 heavy (non-hydrogen) atoms. The SMILES string of the molecule is C[C@H]1CCC[C@]1(O)c1ccc(Br)cc1. The second-order valence-corrected chi connectivity index (χ2v) is 5.14. The van der Waals surface area contributed by atoms with Crippen molar-refractivity contribution in [3.63, 3.8) is 0 Å². The van der Waals surface area contributed by atoms with E-state index in [-0.39, 0.29) is 0 Å². The Kier molecular flexibility index (Phi) is 2.67. The molecule has 0 aromatic heterocycles. The molecule has 0 spiro atoms. The molecular formula is C12H15BrO. The normalized spacial score (nSPS) is 32.1. The van der Waals surface area contributed by atoms with Crippen LogP contribution in [0.15, 0.2) is 28.7 Å². The van der Waals surface area contributed by atoms with Crippen molar-refractivity contribution in [1.82, 2.24) is 0 Å². The zero-order valence-electron chi connectivity index (χ0n) is 8.33. The monoisotopic (exact) mass is 254 g/mol. The summed E-state index contributed by atoms with van der Waals surface area (Å²) in [4.78, 5) is 0. The molecule has 1 N–H and O–H groups in total. The molecule has 76 valence electrons. The number of benzene rings is 1. The molecule has 0 amide bonds. The third-order valence-electron chi connectivity index (χ3n) is 3.35. The zero-order chi connectivity index (χ0) is 10.2. The summed E-state index contributed by atoms with van der Waals surface area (Å²) in [6.45, 7) is 2.13. The van der Waals surface area contributed by atoms with E-state index in [0.717, 1.165) is 29.3 Å². The average molecular weight is 255 g/mol. The summed E-state index contributed by atoms with van der Waals surface area (Å²) < 4.78 is 1.07. The predicted octanol–water partition coefficient (Wildman–Crippen LogP) is 3.46. The maximum atomic E-state index is 10.5. The summed E-state index contributed by atoms with van der Waals surface area (Å²) in [5.74, 6) is 0.378. The third-order valence-corrected chi connectivity index (χ3v) is 3.88. The zero-order valence-corrected chi connectivity index (χ0v) is 9.92. The van der Waals surface area contributed by atoms with Crippen LogP contribution in [0.1, 0.15) is 31.7 Å². The first-order valence-corrected chi connectivity index (χ1v) is 5.90. The topological polar surface area (TPSA) is 20.2 Å². The minimum atomic E-state index is -0.583. The minimum Gasteiger partial charge on any atom is -0.385 e. The van der Waals surface area contributed by atoms with Gasteiger partial charge in [-0.2, -0.15) is 0 Å². The Bertz CT molecular complexity index is 320. The maximum absolute atomic E-state index is 10.5. The van der Waals surface area contributed by atoms with Gasteiger partial charge < -0.3 is 5.11 Å². The van der Waals surface area contributed by atoms with Crippen molar-refractivity contribution in [3.8, 4) is 0 Å². The third kappa shape index (κ3) is 1.61. The average Bonchev–Trinajstić information content (AvgIpc) is 2.49. The van der Waals surface area contributed by atoms with Gasteiger partial charge in [0.05, 0.1) is 5.60 Å². The standard InChI is InChI=1S/C12H15BrO/c1-9-3-2-8-12(9,14)10-4-6-11(13)7-5-10/h4-7,9,14H,2-3,8H2,1H3/t9-,12+/m0/s1. The molecule has 2 heteroatoms. The molecule has 1 aromatic rings. The highest BCUT2D eigenvalue weighted by atomic mass is 79.9. The van der Waals surface area contributed by atoms with Gasteiger partial charge in [0, 0.05) is 4.47 Å². The van der Waals surface area contributed by atoms with E-state index in [2.05, 4.69) is 22.9 Å². The molecule has 1 aliphatic rings. The highest BCUT2D eigenvalue weighted by Crippen LogP contribution is 2.43. The largest absolute Gasteiger partial charge is 0.385 e. The Labute approximate surface area is 93.3 Å². The molecule has 1 saturated carbocycles. The van der Waals surface area contributed by atoms with E-state index >= 15 is 0 Å². The lowest BCUT2D eigenvalue weighted by Gasteiger charge is -2.28. The Morgan fingerprint density at radius 3 is 2.50 bits per heavy atom. The van der Waals surface area contributed by atoms with Crippen LogP contribution in [0.3, 0.4) is 0 Å². The lowest BCUT2D eigenvalue weighted by Crippen LogP contribution is -2.28. The fourth-order valence-corrected chi connectivity index (χ4v) is 2.59. The van der Waals surface area contributed by atoms with Crippen molar-refractivity contribution in [2.75, 3.05) is 0 Å². The van der Waals surface area contributed by atoms with Crippen molar-refractivity contribution < 1.29 is 5.11 Å². The maximum Gasteiger partial charge on any atom is 0.0921 e. The predicted molar refractivity (Wildman–Crippen MR) is 61.1 cm³/mol. The van der Waals surface area contributed by atoms with Gasteiger partial charge in [-0.15, -0.1) is 0 Å². The summed E-state index contributed by atoms with van der Waals surface area (Å²) >= 11 is 3.41. The summed E-state index contributed by atoms with van der Waals surface area (Å²) in [6.07, 6.45) is 3.16. The van der Waals surface area contributed by atoms with Gasteiger partial charge in [-0.3, -0.25) is 0 Å². The van der Waals surface area contributed by atoms with E-state index in [1.165, 1.54) is 0 Å². The molecule has 0 saturated heterocycles. The first-order chi connectivity index (χ1) is 6.63. The molecule has 0 heterocycles. The van der Waals surface area contributed by atoms with E-state index < -0.39 is 5.60 Å². The molecule has 0 radical (unpaired) electrons. The summed E-state index contributed by atoms with van der Waals surface area (Å²) in [5.41, 5.74) is 0.478. The van der Waals surface area contributed by atoms with Crippen LogP contribution in [0, 0.1) is 5.92 Å². The number of rotatable bonds is 1. The van der Waals surface area contributed by atoms with Gasteiger partial charge >= 0.3 is 0 Å². The van der Waals surface area contributed by atoms with Gasteiger partial charge in [0.1, 0.15) is 0 Å². The van der Waals surface area contributed by atoms with Gasteiger partial charge in [0.15, 0.2) is 0 Å². The molecule has 1 aromatic carbocycles. The summed E-state index contributed by atoms with van der Waals surface area (Å²) in [7, 11) is 0. The van der Waals surface area contributed by atoms with Crippen LogP contribution >= 0.6 is 15.9 Å². The van der Waals surface area contributed by atoms with Crippen LogP contribution in [-0.2, 0) is 5.60 Å². The molecule has 0 unspecified atom stereocenters. The lowest BCUT2D eigenvalue weighted by atomic mass is 9.85. The minimum absolute atomic E-state index is 0.378. The fraction of sp³-hybridized carbons (Fsp3) is 0.500. The first kappa shape index (κ1) is 10.2. The van der Waals surface area contributed by atoms with E-state index in [9.17, 15) is 5.11 Å². The molecule has 1 aliphatic carbocycles. The van der Waals surface area contributed by atoms with Crippen molar-refractivity contribution in [3.05, 3.63) is 34.3 Å². The van der Waals surface area contributed by atoms with Crippen LogP contribution in [0.25, 0.3) is 0 Å². The Morgan fingerprint density at radius 2 is 2.00 bits per heavy atom. The smallest absolute Gasteiger partial charge is 0.0921 e. The van der Waals surface area contributed by atoms with Crippen molar-refractivity contribution in [2.45, 2.75) is 31.8 Å². The molecule has 1 nitrogen and oxygen atoms in total. The highest BCUT2D eigenvalue weighted by Gasteiger charge is 2.39. The Morgan fingerprint density at radius 1 is 1.36 bits per heavy atom. The van der Waals surface area contributed by atoms with Crippen molar-refractivity contribution >= 4 is 15.9 Å². The van der Waals surface area contributed by atoms with E-state index in [0.29, 0.717) is 5.92 Å². The van der Waals surface area contributed by atoms with E-state index in [1.54, 1.807) is 0 Å². The van der Waals surface area contributed by atoms with E-state index in [1.807, 2.05) is 24.3 Å². The van der Waals surface area contributed by atoms with Crippen LogP contribution < -0.4 is 0 Å². The molecular weight excluding hydrogens is 240 g/mol. The molecule has 2 atom stereocenters. The van der Waals surface area contributed by atoms with Crippen molar-refractivity contribution in [2.24, 2.45) is 5.92 Å². The van der Waals surface area contributed by atoms with Crippen LogP contribution in [-0.4, -0.2) is 5.11 Å². The molecule has 0 aliphatic heterocycles. The van der Waals surface area contributed by atoms with Gasteiger partial charge in [0.25, 0.3) is 0 Å². The van der Waals surface area contributed by atoms with Crippen molar-refractivity contribution in [1.29, 1.82) is 0 Å². The van der Waals surface area contributed by atoms with Gasteiger partial charge in [-0.25, -0.2) is 0 Å². The Hall–Kier alpha value is -0.340. The quantitative estimate of drug-likeness (QED) is 0.814. The van der Waals surface area contributed by atoms with Gasteiger partial charge in [-0.05, 0) is 42.9 Å². The van der Waals surface area contributed by atoms with Crippen LogP contribution in [0.2, 0.25) is 0 Å². The number of aliphatic hydroxyl groups is 1. The number of hydrogen-bond acceptors (Lipinski definition) is 1. The van der Waals surface area contributed by atoms with Gasteiger partial charge in [-0.1, -0.05) is 35.0 Å². The lowest BCUT2D eigenvalue weighted by molar-refractivity contribution is 0.00448. The van der Waals surface area contributed by atoms with Crippen LogP contribution in [0.5, 0.6) is 0 Å².